The number of nitrogens with one attached hydrogen (secondary N) is 1. The lowest BCUT2D eigenvalue weighted by Gasteiger charge is -2.03. The van der Waals surface area contributed by atoms with Gasteiger partial charge in [-0.3, -0.25) is 15.7 Å². The summed E-state index contributed by atoms with van der Waals surface area (Å²) in [6, 6.07) is 0. The van der Waals surface area contributed by atoms with Gasteiger partial charge in [-0.05, 0) is 0 Å². The molecule has 0 heterocycles. The predicted octanol–water partition coefficient (Wildman–Crippen LogP) is -7.16. The van der Waals surface area contributed by atoms with Gasteiger partial charge in [0.05, 0.1) is 0 Å². The first-order valence-corrected chi connectivity index (χ1v) is 5.32. The Hall–Kier alpha value is 0.0400. The molecule has 54 valence electrons. The molecule has 0 aliphatic heterocycles. The molecular weight excluding hydrogens is 243 g/mol. The molecule has 0 saturated carbocycles. The van der Waals surface area contributed by atoms with Crippen LogP contribution in [0.5, 0.6) is 0 Å². The Morgan fingerprint density at radius 2 is 2.00 bits per heavy atom. The number of rotatable bonds is 3. The summed E-state index contributed by atoms with van der Waals surface area (Å²) in [5, 5.41) is 6.44. The van der Waals surface area contributed by atoms with Gasteiger partial charge in [-0.15, -0.1) is 0 Å². The second-order valence-electron chi connectivity index (χ2n) is 1.16. The molecule has 0 rings (SSSR count). The molecule has 0 unspecified atom stereocenters. The average molecular weight is 248 g/mol. The molecule has 0 saturated heterocycles. The first-order valence-electron chi connectivity index (χ1n) is 1.80. The van der Waals surface area contributed by atoms with E-state index in [1.165, 1.54) is 0 Å². The fourth-order valence-corrected chi connectivity index (χ4v) is 0.842. The standard InChI is InChI=1S/C2H5IN2O4/c4-2(5)1-9-3(6,7)8/h1H2,(H3,4,5). The predicted molar refractivity (Wildman–Crippen MR) is 17.9 cm³/mol. The molecule has 6 nitrogen and oxygen atoms in total. The zero-order valence-corrected chi connectivity index (χ0v) is 6.45. The van der Waals surface area contributed by atoms with Crippen LogP contribution in [-0.2, 0) is 3.07 Å². The topological polar surface area (TPSA) is 128 Å². The SMILES string of the molecule is N=C(N)CO[I+3]([O-])([O-])[O-]. The minimum atomic E-state index is -5.56. The molecule has 0 bridgehead atoms. The Labute approximate surface area is 57.5 Å². The third kappa shape index (κ3) is 8.04. The summed E-state index contributed by atoms with van der Waals surface area (Å²) < 4.78 is 32.8. The lowest BCUT2D eigenvalue weighted by atomic mass is 10.7. The molecule has 0 atom stereocenters. The van der Waals surface area contributed by atoms with Gasteiger partial charge in [-0.1, -0.05) is 0 Å². The summed E-state index contributed by atoms with van der Waals surface area (Å²) in [4.78, 5) is 0. The molecule has 0 radical (unpaired) electrons. The summed E-state index contributed by atoms with van der Waals surface area (Å²) in [5.41, 5.74) is 4.67. The van der Waals surface area contributed by atoms with Crippen LogP contribution in [0.15, 0.2) is 0 Å². The Balaban J connectivity index is 3.39. The molecule has 7 heteroatoms. The maximum absolute atomic E-state index is 9.70. The lowest BCUT2D eigenvalue weighted by molar-refractivity contribution is -1.92. The van der Waals surface area contributed by atoms with E-state index < -0.39 is 32.5 Å². The van der Waals surface area contributed by atoms with Crippen LogP contribution in [0.4, 0.5) is 0 Å². The first-order chi connectivity index (χ1) is 3.92. The number of amidine groups is 1. The molecule has 3 N–H and O–H groups in total. The van der Waals surface area contributed by atoms with Crippen molar-refractivity contribution in [2.45, 2.75) is 0 Å². The van der Waals surface area contributed by atoms with Gasteiger partial charge >= 0.3 is 20.1 Å². The van der Waals surface area contributed by atoms with Crippen LogP contribution in [0.3, 0.4) is 0 Å². The highest BCUT2D eigenvalue weighted by molar-refractivity contribution is 5.77. The van der Waals surface area contributed by atoms with Crippen LogP contribution in [0.1, 0.15) is 0 Å². The summed E-state index contributed by atoms with van der Waals surface area (Å²) >= 11 is -5.56. The Morgan fingerprint density at radius 3 is 2.11 bits per heavy atom. The highest BCUT2D eigenvalue weighted by Crippen LogP contribution is 1.52. The molecule has 0 aromatic rings. The third-order valence-electron chi connectivity index (χ3n) is 0.344. The van der Waals surface area contributed by atoms with Gasteiger partial charge in [0, 0.05) is 3.07 Å². The van der Waals surface area contributed by atoms with Crippen molar-refractivity contribution in [3.05, 3.63) is 0 Å². The maximum atomic E-state index is 9.70. The van der Waals surface area contributed by atoms with Crippen LogP contribution in [0.2, 0.25) is 0 Å². The van der Waals surface area contributed by atoms with Crippen molar-refractivity contribution < 1.29 is 33.5 Å². The third-order valence-corrected chi connectivity index (χ3v) is 1.42. The molecule has 0 aliphatic carbocycles. The molecule has 0 aromatic carbocycles. The summed E-state index contributed by atoms with van der Waals surface area (Å²) in [6.07, 6.45) is 0. The van der Waals surface area contributed by atoms with E-state index in [9.17, 15) is 10.3 Å². The van der Waals surface area contributed by atoms with Crippen LogP contribution < -0.4 is 36.1 Å². The Morgan fingerprint density at radius 1 is 1.56 bits per heavy atom. The van der Waals surface area contributed by atoms with E-state index in [4.69, 9.17) is 5.41 Å². The summed E-state index contributed by atoms with van der Waals surface area (Å²) in [5.74, 6) is -0.481. The van der Waals surface area contributed by atoms with E-state index in [0.29, 0.717) is 0 Å². The van der Waals surface area contributed by atoms with Crippen molar-refractivity contribution in [2.24, 2.45) is 5.73 Å². The van der Waals surface area contributed by atoms with Gasteiger partial charge in [0.15, 0.2) is 0 Å². The lowest BCUT2D eigenvalue weighted by Crippen LogP contribution is -4.24. The minimum absolute atomic E-state index is 0.481. The number of nitrogens with two attached hydrogens (primary N) is 1. The molecular formula is C2H5IN2O4. The first kappa shape index (κ1) is 9.04. The zero-order valence-electron chi connectivity index (χ0n) is 4.30. The van der Waals surface area contributed by atoms with E-state index in [1.807, 2.05) is 0 Å². The zero-order chi connectivity index (χ0) is 7.49. The molecule has 0 aromatic heterocycles. The average Bonchev–Trinajstić information content (AvgIpc) is 1.59. The van der Waals surface area contributed by atoms with Crippen LogP contribution in [0.25, 0.3) is 0 Å². The molecule has 0 aliphatic rings. The van der Waals surface area contributed by atoms with Gasteiger partial charge in [0.2, 0.25) is 6.61 Å². The Kier molecular flexibility index (Phi) is 3.28. The largest absolute Gasteiger partial charge is 0.385 e. The molecule has 9 heavy (non-hydrogen) atoms. The van der Waals surface area contributed by atoms with Crippen molar-refractivity contribution >= 4 is 5.84 Å². The minimum Gasteiger partial charge on any atom is -0.385 e. The van der Waals surface area contributed by atoms with Crippen molar-refractivity contribution in [3.63, 3.8) is 0 Å². The van der Waals surface area contributed by atoms with Gasteiger partial charge < -0.3 is 5.73 Å². The smallest absolute Gasteiger partial charge is 0.373 e. The van der Waals surface area contributed by atoms with E-state index in [2.05, 4.69) is 8.80 Å². The fourth-order valence-electron chi connectivity index (χ4n) is 0.126. The van der Waals surface area contributed by atoms with Crippen molar-refractivity contribution in [2.75, 3.05) is 6.61 Å². The number of hydrogen-bond donors (Lipinski definition) is 2. The quantitative estimate of drug-likeness (QED) is 0.291. The van der Waals surface area contributed by atoms with E-state index >= 15 is 0 Å². The van der Waals surface area contributed by atoms with Crippen LogP contribution in [0, 0.1) is 5.41 Å². The monoisotopic (exact) mass is 248 g/mol. The van der Waals surface area contributed by atoms with Gasteiger partial charge in [0.25, 0.3) is 0 Å². The van der Waals surface area contributed by atoms with Crippen LogP contribution in [-0.4, -0.2) is 12.4 Å². The molecule has 0 spiro atoms. The van der Waals surface area contributed by atoms with E-state index in [-0.39, 0.29) is 0 Å². The summed E-state index contributed by atoms with van der Waals surface area (Å²) in [7, 11) is 0. The van der Waals surface area contributed by atoms with Gasteiger partial charge in [-0.2, -0.15) is 0 Å². The molecule has 0 fully saturated rings. The van der Waals surface area contributed by atoms with E-state index in [1.54, 1.807) is 0 Å². The summed E-state index contributed by atoms with van der Waals surface area (Å²) in [6.45, 7) is -0.632. The number of halogens is 1. The molecule has 0 amide bonds. The normalized spacial score (nSPS) is 11.4. The van der Waals surface area contributed by atoms with Crippen molar-refractivity contribution in [1.82, 2.24) is 0 Å². The fraction of sp³-hybridized carbons (Fsp3) is 0.500. The van der Waals surface area contributed by atoms with Crippen LogP contribution >= 0.6 is 0 Å². The maximum Gasteiger partial charge on any atom is 0.373 e. The van der Waals surface area contributed by atoms with Gasteiger partial charge in [0.1, 0.15) is 5.84 Å². The van der Waals surface area contributed by atoms with Crippen molar-refractivity contribution in [3.8, 4) is 0 Å². The van der Waals surface area contributed by atoms with E-state index in [0.717, 1.165) is 0 Å². The highest BCUT2D eigenvalue weighted by atomic mass is 127. The highest BCUT2D eigenvalue weighted by Gasteiger charge is 2.25. The Bertz CT molecular complexity index is 110. The van der Waals surface area contributed by atoms with Crippen molar-refractivity contribution in [1.29, 1.82) is 5.41 Å². The van der Waals surface area contributed by atoms with Gasteiger partial charge in [-0.25, -0.2) is 0 Å². The second-order valence-corrected chi connectivity index (χ2v) is 3.94. The second kappa shape index (κ2) is 3.27. The number of hydrogen-bond acceptors (Lipinski definition) is 5.